The summed E-state index contributed by atoms with van der Waals surface area (Å²) in [5.41, 5.74) is 2.70. The molecule has 1 aliphatic heterocycles. The fraction of sp³-hybridized carbons (Fsp3) is 0.500. The number of nitrogens with zero attached hydrogens (tertiary/aromatic N) is 1. The number of hydrogen-bond acceptors (Lipinski definition) is 2. The van der Waals surface area contributed by atoms with E-state index in [1.54, 1.807) is 0 Å². The van der Waals surface area contributed by atoms with Gasteiger partial charge in [0, 0.05) is 19.6 Å². The maximum atomic E-state index is 3.44. The molecule has 2 nitrogen and oxygen atoms in total. The van der Waals surface area contributed by atoms with E-state index in [1.165, 1.54) is 30.8 Å². The van der Waals surface area contributed by atoms with Crippen LogP contribution in [0.25, 0.3) is 0 Å². The van der Waals surface area contributed by atoms with E-state index in [0.717, 1.165) is 19.0 Å². The highest BCUT2D eigenvalue weighted by atomic mass is 15.2. The summed E-state index contributed by atoms with van der Waals surface area (Å²) in [6.45, 7) is 3.51. The first kappa shape index (κ1) is 8.16. The van der Waals surface area contributed by atoms with Crippen molar-refractivity contribution in [1.82, 2.24) is 0 Å². The van der Waals surface area contributed by atoms with Crippen molar-refractivity contribution in [2.75, 3.05) is 29.9 Å². The number of fused-ring (bicyclic) bond motifs is 1. The minimum Gasteiger partial charge on any atom is -0.382 e. The average Bonchev–Trinajstić information content (AvgIpc) is 3.03. The lowest BCUT2D eigenvalue weighted by Crippen LogP contribution is -2.35. The van der Waals surface area contributed by atoms with Crippen molar-refractivity contribution in [2.45, 2.75) is 12.8 Å². The molecule has 0 amide bonds. The van der Waals surface area contributed by atoms with Crippen molar-refractivity contribution >= 4 is 11.4 Å². The quantitative estimate of drug-likeness (QED) is 0.766. The van der Waals surface area contributed by atoms with Gasteiger partial charge in [0.15, 0.2) is 0 Å². The smallest absolute Gasteiger partial charge is 0.0602 e. The Labute approximate surface area is 84.9 Å². The summed E-state index contributed by atoms with van der Waals surface area (Å²) in [6, 6.07) is 8.64. The molecule has 0 unspecified atom stereocenters. The molecular weight excluding hydrogens is 172 g/mol. The van der Waals surface area contributed by atoms with Crippen molar-refractivity contribution in [2.24, 2.45) is 5.92 Å². The van der Waals surface area contributed by atoms with Crippen molar-refractivity contribution in [3.05, 3.63) is 24.3 Å². The summed E-state index contributed by atoms with van der Waals surface area (Å²) >= 11 is 0. The van der Waals surface area contributed by atoms with Crippen LogP contribution in [0.2, 0.25) is 0 Å². The molecule has 0 radical (unpaired) electrons. The summed E-state index contributed by atoms with van der Waals surface area (Å²) in [5.74, 6) is 0.973. The third kappa shape index (κ3) is 1.45. The van der Waals surface area contributed by atoms with Gasteiger partial charge >= 0.3 is 0 Å². The zero-order valence-corrected chi connectivity index (χ0v) is 8.37. The number of hydrogen-bond donors (Lipinski definition) is 1. The van der Waals surface area contributed by atoms with Gasteiger partial charge in [-0.15, -0.1) is 0 Å². The topological polar surface area (TPSA) is 15.3 Å². The molecule has 0 spiro atoms. The predicted molar refractivity (Wildman–Crippen MR) is 59.9 cm³/mol. The van der Waals surface area contributed by atoms with Crippen molar-refractivity contribution in [3.63, 3.8) is 0 Å². The highest BCUT2D eigenvalue weighted by Crippen LogP contribution is 2.34. The van der Waals surface area contributed by atoms with E-state index in [2.05, 4.69) is 34.5 Å². The molecule has 0 atom stereocenters. The molecule has 2 aliphatic rings. The molecule has 1 heterocycles. The van der Waals surface area contributed by atoms with Crippen LogP contribution in [0, 0.1) is 5.92 Å². The zero-order valence-electron chi connectivity index (χ0n) is 8.37. The zero-order chi connectivity index (χ0) is 9.38. The largest absolute Gasteiger partial charge is 0.382 e. The van der Waals surface area contributed by atoms with Crippen LogP contribution in [0.1, 0.15) is 12.8 Å². The fourth-order valence-electron chi connectivity index (χ4n) is 2.15. The first-order valence-corrected chi connectivity index (χ1v) is 5.51. The van der Waals surface area contributed by atoms with Gasteiger partial charge in [0.1, 0.15) is 0 Å². The van der Waals surface area contributed by atoms with Gasteiger partial charge in [-0.25, -0.2) is 0 Å². The van der Waals surface area contributed by atoms with Gasteiger partial charge in [-0.2, -0.15) is 0 Å². The first-order valence-electron chi connectivity index (χ1n) is 5.51. The van der Waals surface area contributed by atoms with E-state index < -0.39 is 0 Å². The second-order valence-corrected chi connectivity index (χ2v) is 4.33. The van der Waals surface area contributed by atoms with E-state index in [1.807, 2.05) is 0 Å². The Balaban J connectivity index is 1.85. The normalized spacial score (nSPS) is 20.1. The second-order valence-electron chi connectivity index (χ2n) is 4.33. The van der Waals surface area contributed by atoms with E-state index in [4.69, 9.17) is 0 Å². The standard InChI is InChI=1S/C12H16N2/c1-2-4-12-11(3-1)13-7-8-14(12)9-10-5-6-10/h1-4,10,13H,5-9H2. The number of nitrogens with one attached hydrogen (secondary N) is 1. The van der Waals surface area contributed by atoms with Crippen LogP contribution < -0.4 is 10.2 Å². The fourth-order valence-corrected chi connectivity index (χ4v) is 2.15. The Bertz CT molecular complexity index is 331. The molecule has 1 aromatic rings. The lowest BCUT2D eigenvalue weighted by atomic mass is 10.2. The van der Waals surface area contributed by atoms with Crippen molar-refractivity contribution < 1.29 is 0 Å². The summed E-state index contributed by atoms with van der Waals surface area (Å²) in [5, 5.41) is 3.44. The highest BCUT2D eigenvalue weighted by molar-refractivity contribution is 5.71. The Morgan fingerprint density at radius 2 is 2.14 bits per heavy atom. The molecule has 1 aromatic carbocycles. The Morgan fingerprint density at radius 1 is 1.29 bits per heavy atom. The number of para-hydroxylation sites is 2. The summed E-state index contributed by atoms with van der Waals surface area (Å²) < 4.78 is 0. The first-order chi connectivity index (χ1) is 6.93. The van der Waals surface area contributed by atoms with E-state index in [0.29, 0.717) is 0 Å². The molecule has 0 saturated heterocycles. The van der Waals surface area contributed by atoms with Gasteiger partial charge in [0.05, 0.1) is 11.4 Å². The molecule has 1 N–H and O–H groups in total. The minimum absolute atomic E-state index is 0.973. The van der Waals surface area contributed by atoms with Gasteiger partial charge in [0.2, 0.25) is 0 Å². The van der Waals surface area contributed by atoms with Gasteiger partial charge in [0.25, 0.3) is 0 Å². The maximum Gasteiger partial charge on any atom is 0.0602 e. The molecule has 0 aromatic heterocycles. The summed E-state index contributed by atoms with van der Waals surface area (Å²) in [7, 11) is 0. The van der Waals surface area contributed by atoms with Crippen LogP contribution in [0.15, 0.2) is 24.3 Å². The summed E-state index contributed by atoms with van der Waals surface area (Å²) in [6.07, 6.45) is 2.87. The lowest BCUT2D eigenvalue weighted by Gasteiger charge is -2.32. The van der Waals surface area contributed by atoms with Gasteiger partial charge in [-0.05, 0) is 30.9 Å². The van der Waals surface area contributed by atoms with E-state index in [9.17, 15) is 0 Å². The third-order valence-electron chi connectivity index (χ3n) is 3.12. The van der Waals surface area contributed by atoms with Gasteiger partial charge < -0.3 is 10.2 Å². The molecule has 14 heavy (non-hydrogen) atoms. The van der Waals surface area contributed by atoms with Crippen LogP contribution in [0.5, 0.6) is 0 Å². The van der Waals surface area contributed by atoms with Crippen LogP contribution in [-0.2, 0) is 0 Å². The molecule has 1 aliphatic carbocycles. The SMILES string of the molecule is c1ccc2c(c1)NCCN2CC1CC1. The van der Waals surface area contributed by atoms with Crippen LogP contribution >= 0.6 is 0 Å². The Hall–Kier alpha value is -1.18. The Morgan fingerprint density at radius 3 is 3.00 bits per heavy atom. The molecule has 1 fully saturated rings. The van der Waals surface area contributed by atoms with Gasteiger partial charge in [-0.3, -0.25) is 0 Å². The van der Waals surface area contributed by atoms with Crippen molar-refractivity contribution in [3.8, 4) is 0 Å². The average molecular weight is 188 g/mol. The third-order valence-corrected chi connectivity index (χ3v) is 3.12. The molecule has 0 bridgehead atoms. The van der Waals surface area contributed by atoms with Crippen LogP contribution in [-0.4, -0.2) is 19.6 Å². The van der Waals surface area contributed by atoms with Crippen molar-refractivity contribution in [1.29, 1.82) is 0 Å². The monoisotopic (exact) mass is 188 g/mol. The van der Waals surface area contributed by atoms with E-state index in [-0.39, 0.29) is 0 Å². The van der Waals surface area contributed by atoms with Crippen LogP contribution in [0.4, 0.5) is 11.4 Å². The molecule has 3 rings (SSSR count). The molecule has 74 valence electrons. The van der Waals surface area contributed by atoms with Crippen LogP contribution in [0.3, 0.4) is 0 Å². The minimum atomic E-state index is 0.973. The lowest BCUT2D eigenvalue weighted by molar-refractivity contribution is 0.719. The number of anilines is 2. The summed E-state index contributed by atoms with van der Waals surface area (Å²) in [4.78, 5) is 2.53. The predicted octanol–water partition coefficient (Wildman–Crippen LogP) is 2.33. The maximum absolute atomic E-state index is 3.44. The second kappa shape index (κ2) is 3.19. The number of rotatable bonds is 2. The van der Waals surface area contributed by atoms with Gasteiger partial charge in [-0.1, -0.05) is 12.1 Å². The molecule has 2 heteroatoms. The number of benzene rings is 1. The molecule has 1 saturated carbocycles. The molecular formula is C12H16N2. The van der Waals surface area contributed by atoms with E-state index >= 15 is 0 Å². The Kier molecular flexibility index (Phi) is 1.86. The highest BCUT2D eigenvalue weighted by Gasteiger charge is 2.26.